The number of hydrogen-bond acceptors (Lipinski definition) is 3. The van der Waals surface area contributed by atoms with Crippen LogP contribution in [-0.2, 0) is 4.79 Å². The Hall–Kier alpha value is -2.17. The number of nitrogens with one attached hydrogen (secondary N) is 1. The Morgan fingerprint density at radius 1 is 1.40 bits per heavy atom. The van der Waals surface area contributed by atoms with Crippen molar-refractivity contribution < 1.29 is 14.7 Å². The molecule has 78 valence electrons. The zero-order valence-electron chi connectivity index (χ0n) is 8.10. The van der Waals surface area contributed by atoms with Gasteiger partial charge in [-0.1, -0.05) is 18.2 Å². The molecule has 0 aliphatic rings. The number of amides is 1. The van der Waals surface area contributed by atoms with Crippen LogP contribution in [0.2, 0.25) is 0 Å². The molecule has 15 heavy (non-hydrogen) atoms. The molecule has 0 aliphatic carbocycles. The lowest BCUT2D eigenvalue weighted by Gasteiger charge is -1.99. The van der Waals surface area contributed by atoms with Gasteiger partial charge in [0, 0.05) is 12.5 Å². The highest BCUT2D eigenvalue weighted by molar-refractivity contribution is 5.98. The van der Waals surface area contributed by atoms with Gasteiger partial charge in [-0.05, 0) is 6.07 Å². The number of carboxylic acid groups (broad SMARTS) is 1. The van der Waals surface area contributed by atoms with Crippen molar-refractivity contribution in [2.45, 2.75) is 6.92 Å². The average Bonchev–Trinajstić information content (AvgIpc) is 2.17. The molecule has 0 spiro atoms. The molecule has 0 aromatic heterocycles. The molecule has 1 aromatic carbocycles. The Morgan fingerprint density at radius 3 is 2.67 bits per heavy atom. The summed E-state index contributed by atoms with van der Waals surface area (Å²) in [7, 11) is 0. The molecule has 0 saturated heterocycles. The van der Waals surface area contributed by atoms with Gasteiger partial charge < -0.3 is 5.11 Å². The van der Waals surface area contributed by atoms with Gasteiger partial charge in [-0.15, -0.1) is 0 Å². The Morgan fingerprint density at radius 2 is 2.07 bits per heavy atom. The molecule has 5 heteroatoms. The van der Waals surface area contributed by atoms with Gasteiger partial charge in [-0.25, -0.2) is 10.2 Å². The Bertz CT molecular complexity index is 413. The maximum atomic E-state index is 10.8. The molecule has 0 radical (unpaired) electrons. The molecule has 0 atom stereocenters. The van der Waals surface area contributed by atoms with Crippen LogP contribution in [0.4, 0.5) is 0 Å². The maximum absolute atomic E-state index is 10.8. The number of hydrogen-bond donors (Lipinski definition) is 2. The molecule has 0 bridgehead atoms. The van der Waals surface area contributed by atoms with Gasteiger partial charge in [0.1, 0.15) is 0 Å². The van der Waals surface area contributed by atoms with Gasteiger partial charge in [-0.3, -0.25) is 4.79 Å². The number of rotatable bonds is 3. The lowest BCUT2D eigenvalue weighted by Crippen LogP contribution is -2.12. The molecule has 1 aromatic rings. The highest BCUT2D eigenvalue weighted by Crippen LogP contribution is 2.05. The van der Waals surface area contributed by atoms with Crippen molar-refractivity contribution in [3.63, 3.8) is 0 Å². The molecule has 0 aliphatic heterocycles. The van der Waals surface area contributed by atoms with Crippen LogP contribution in [0.15, 0.2) is 29.4 Å². The summed E-state index contributed by atoms with van der Waals surface area (Å²) < 4.78 is 0. The van der Waals surface area contributed by atoms with E-state index >= 15 is 0 Å². The predicted molar refractivity (Wildman–Crippen MR) is 54.8 cm³/mol. The number of carboxylic acids is 1. The van der Waals surface area contributed by atoms with E-state index in [0.717, 1.165) is 0 Å². The number of carbonyl (C=O) groups is 2. The minimum absolute atomic E-state index is 0.145. The summed E-state index contributed by atoms with van der Waals surface area (Å²) in [6, 6.07) is 6.40. The highest BCUT2D eigenvalue weighted by Gasteiger charge is 2.06. The Balaban J connectivity index is 2.89. The van der Waals surface area contributed by atoms with Crippen LogP contribution in [0.3, 0.4) is 0 Å². The number of benzene rings is 1. The first-order valence-corrected chi connectivity index (χ1v) is 4.23. The molecule has 0 unspecified atom stereocenters. The van der Waals surface area contributed by atoms with Crippen molar-refractivity contribution in [1.82, 2.24) is 5.43 Å². The first-order valence-electron chi connectivity index (χ1n) is 4.23. The van der Waals surface area contributed by atoms with Gasteiger partial charge in [0.25, 0.3) is 0 Å². The van der Waals surface area contributed by atoms with E-state index in [0.29, 0.717) is 5.56 Å². The van der Waals surface area contributed by atoms with E-state index in [1.807, 2.05) is 0 Å². The van der Waals surface area contributed by atoms with E-state index in [1.54, 1.807) is 18.2 Å². The topological polar surface area (TPSA) is 78.8 Å². The molecule has 1 rings (SSSR count). The second kappa shape index (κ2) is 4.90. The molecule has 0 heterocycles. The molecular formula is C10H10N2O3. The summed E-state index contributed by atoms with van der Waals surface area (Å²) >= 11 is 0. The monoisotopic (exact) mass is 206 g/mol. The summed E-state index contributed by atoms with van der Waals surface area (Å²) in [6.07, 6.45) is 1.30. The normalized spacial score (nSPS) is 10.2. The van der Waals surface area contributed by atoms with Crippen molar-refractivity contribution in [1.29, 1.82) is 0 Å². The number of nitrogens with zero attached hydrogens (tertiary/aromatic N) is 1. The fourth-order valence-electron chi connectivity index (χ4n) is 0.997. The summed E-state index contributed by atoms with van der Waals surface area (Å²) in [5, 5.41) is 12.4. The first kappa shape index (κ1) is 10.9. The fourth-order valence-corrected chi connectivity index (χ4v) is 0.997. The Labute approximate surface area is 86.4 Å². The zero-order valence-corrected chi connectivity index (χ0v) is 8.10. The summed E-state index contributed by atoms with van der Waals surface area (Å²) in [4.78, 5) is 21.3. The predicted octanol–water partition coefficient (Wildman–Crippen LogP) is 0.855. The van der Waals surface area contributed by atoms with Crippen LogP contribution in [-0.4, -0.2) is 23.2 Å². The van der Waals surface area contributed by atoms with Gasteiger partial charge >= 0.3 is 5.97 Å². The lowest BCUT2D eigenvalue weighted by molar-refractivity contribution is -0.118. The average molecular weight is 206 g/mol. The molecule has 5 nitrogen and oxygen atoms in total. The molecule has 0 fully saturated rings. The van der Waals surface area contributed by atoms with E-state index in [2.05, 4.69) is 10.5 Å². The van der Waals surface area contributed by atoms with Crippen molar-refractivity contribution >= 4 is 18.1 Å². The van der Waals surface area contributed by atoms with Gasteiger partial charge in [0.05, 0.1) is 11.8 Å². The third-order valence-electron chi connectivity index (χ3n) is 1.62. The zero-order chi connectivity index (χ0) is 11.3. The summed E-state index contributed by atoms with van der Waals surface area (Å²) in [5.41, 5.74) is 2.79. The fraction of sp³-hybridized carbons (Fsp3) is 0.100. The van der Waals surface area contributed by atoms with Crippen LogP contribution in [0.1, 0.15) is 22.8 Å². The minimum Gasteiger partial charge on any atom is -0.478 e. The maximum Gasteiger partial charge on any atom is 0.336 e. The van der Waals surface area contributed by atoms with Crippen LogP contribution < -0.4 is 5.43 Å². The van der Waals surface area contributed by atoms with Crippen molar-refractivity contribution in [3.8, 4) is 0 Å². The Kier molecular flexibility index (Phi) is 3.56. The van der Waals surface area contributed by atoms with Crippen LogP contribution >= 0.6 is 0 Å². The van der Waals surface area contributed by atoms with Crippen LogP contribution in [0.25, 0.3) is 0 Å². The van der Waals surface area contributed by atoms with Crippen molar-refractivity contribution in [2.24, 2.45) is 5.10 Å². The van der Waals surface area contributed by atoms with Crippen molar-refractivity contribution in [2.75, 3.05) is 0 Å². The third-order valence-corrected chi connectivity index (χ3v) is 1.62. The second-order valence-electron chi connectivity index (χ2n) is 2.82. The lowest BCUT2D eigenvalue weighted by atomic mass is 10.1. The van der Waals surface area contributed by atoms with E-state index in [-0.39, 0.29) is 11.5 Å². The number of hydrazone groups is 1. The van der Waals surface area contributed by atoms with Crippen molar-refractivity contribution in [3.05, 3.63) is 35.4 Å². The summed E-state index contributed by atoms with van der Waals surface area (Å²) in [6.45, 7) is 1.32. The largest absolute Gasteiger partial charge is 0.478 e. The van der Waals surface area contributed by atoms with E-state index in [9.17, 15) is 9.59 Å². The van der Waals surface area contributed by atoms with E-state index in [4.69, 9.17) is 5.11 Å². The smallest absolute Gasteiger partial charge is 0.336 e. The van der Waals surface area contributed by atoms with E-state index in [1.165, 1.54) is 19.2 Å². The minimum atomic E-state index is -1.03. The third kappa shape index (κ3) is 3.22. The van der Waals surface area contributed by atoms with E-state index < -0.39 is 5.97 Å². The van der Waals surface area contributed by atoms with Gasteiger partial charge in [0.2, 0.25) is 5.91 Å². The van der Waals surface area contributed by atoms with Crippen LogP contribution in [0, 0.1) is 0 Å². The van der Waals surface area contributed by atoms with Gasteiger partial charge in [0.15, 0.2) is 0 Å². The number of aromatic carboxylic acids is 1. The molecule has 0 saturated carbocycles. The van der Waals surface area contributed by atoms with Gasteiger partial charge in [-0.2, -0.15) is 5.10 Å². The highest BCUT2D eigenvalue weighted by atomic mass is 16.4. The second-order valence-corrected chi connectivity index (χ2v) is 2.82. The molecular weight excluding hydrogens is 196 g/mol. The quantitative estimate of drug-likeness (QED) is 0.568. The summed E-state index contributed by atoms with van der Waals surface area (Å²) in [5.74, 6) is -1.33. The standard InChI is InChI=1S/C10H10N2O3/c1-7(13)12-11-6-8-4-2-3-5-9(8)10(14)15/h2-6H,1H3,(H,12,13)(H,14,15)/b11-6+. The first-order chi connectivity index (χ1) is 7.11. The number of carbonyl (C=O) groups excluding carboxylic acids is 1. The molecule has 1 amide bonds. The SMILES string of the molecule is CC(=O)N/N=C/c1ccccc1C(=O)O. The van der Waals surface area contributed by atoms with Crippen LogP contribution in [0.5, 0.6) is 0 Å². The molecule has 2 N–H and O–H groups in total.